The molecule has 1 heterocycles. The third-order valence-electron chi connectivity index (χ3n) is 3.48. The highest BCUT2D eigenvalue weighted by Gasteiger charge is 2.08. The molecule has 2 aromatic carbocycles. The Morgan fingerprint density at radius 3 is 2.43 bits per heavy atom. The van der Waals surface area contributed by atoms with E-state index in [0.717, 1.165) is 29.8 Å². The number of pyridine rings is 1. The second kappa shape index (κ2) is 6.72. The number of para-hydroxylation sites is 1. The molecule has 3 rings (SSSR count). The lowest BCUT2D eigenvalue weighted by Crippen LogP contribution is -2.25. The van der Waals surface area contributed by atoms with E-state index in [0.29, 0.717) is 0 Å². The molecule has 2 nitrogen and oxygen atoms in total. The monoisotopic (exact) mass is 340 g/mol. The topological polar surface area (TPSA) is 16.1 Å². The van der Waals surface area contributed by atoms with Crippen LogP contribution in [-0.2, 0) is 6.54 Å². The second-order valence-electron chi connectivity index (χ2n) is 4.96. The third kappa shape index (κ3) is 3.42. The van der Waals surface area contributed by atoms with Gasteiger partial charge in [-0.1, -0.05) is 64.5 Å². The van der Waals surface area contributed by atoms with Gasteiger partial charge in [-0.2, -0.15) is 0 Å². The van der Waals surface area contributed by atoms with E-state index >= 15 is 0 Å². The zero-order valence-electron chi connectivity index (χ0n) is 11.7. The number of fused-ring (bicyclic) bond motifs is 1. The minimum atomic E-state index is 0.873. The van der Waals surface area contributed by atoms with E-state index in [1.165, 1.54) is 10.9 Å². The summed E-state index contributed by atoms with van der Waals surface area (Å²) in [6, 6.07) is 23.0. The Bertz CT molecular complexity index is 712. The molecule has 0 aliphatic carbocycles. The van der Waals surface area contributed by atoms with Gasteiger partial charge in [0.1, 0.15) is 5.82 Å². The van der Waals surface area contributed by atoms with Crippen LogP contribution in [0.4, 0.5) is 5.82 Å². The smallest absolute Gasteiger partial charge is 0.129 e. The molecule has 0 aliphatic rings. The van der Waals surface area contributed by atoms with Crippen LogP contribution in [0.2, 0.25) is 0 Å². The fourth-order valence-corrected chi connectivity index (χ4v) is 2.84. The predicted octanol–water partition coefficient (Wildman–Crippen LogP) is 4.64. The van der Waals surface area contributed by atoms with Crippen LogP contribution in [0.5, 0.6) is 0 Å². The number of anilines is 1. The van der Waals surface area contributed by atoms with Crippen molar-refractivity contribution >= 4 is 32.7 Å². The normalized spacial score (nSPS) is 10.7. The van der Waals surface area contributed by atoms with Gasteiger partial charge in [0.25, 0.3) is 0 Å². The summed E-state index contributed by atoms with van der Waals surface area (Å²) in [4.78, 5) is 7.10. The highest BCUT2D eigenvalue weighted by molar-refractivity contribution is 9.09. The van der Waals surface area contributed by atoms with Crippen molar-refractivity contribution in [3.8, 4) is 0 Å². The summed E-state index contributed by atoms with van der Waals surface area (Å²) in [6.07, 6.45) is 0. The summed E-state index contributed by atoms with van der Waals surface area (Å²) in [6.45, 7) is 1.80. The molecule has 0 aliphatic heterocycles. The predicted molar refractivity (Wildman–Crippen MR) is 93.0 cm³/mol. The average Bonchev–Trinajstić information content (AvgIpc) is 2.55. The lowest BCUT2D eigenvalue weighted by Gasteiger charge is -2.23. The highest BCUT2D eigenvalue weighted by atomic mass is 79.9. The summed E-state index contributed by atoms with van der Waals surface area (Å²) < 4.78 is 0. The van der Waals surface area contributed by atoms with E-state index in [1.54, 1.807) is 0 Å². The van der Waals surface area contributed by atoms with Gasteiger partial charge < -0.3 is 4.90 Å². The quantitative estimate of drug-likeness (QED) is 0.629. The largest absolute Gasteiger partial charge is 0.351 e. The molecule has 0 radical (unpaired) electrons. The van der Waals surface area contributed by atoms with Crippen molar-refractivity contribution in [3.63, 3.8) is 0 Å². The van der Waals surface area contributed by atoms with Crippen LogP contribution in [0.3, 0.4) is 0 Å². The van der Waals surface area contributed by atoms with Crippen molar-refractivity contribution in [2.45, 2.75) is 6.54 Å². The fraction of sp³-hybridized carbons (Fsp3) is 0.167. The lowest BCUT2D eigenvalue weighted by atomic mass is 10.2. The van der Waals surface area contributed by atoms with Gasteiger partial charge in [-0.25, -0.2) is 4.98 Å². The first-order chi connectivity index (χ1) is 10.4. The van der Waals surface area contributed by atoms with Gasteiger partial charge in [0.05, 0.1) is 5.52 Å². The van der Waals surface area contributed by atoms with Crippen molar-refractivity contribution < 1.29 is 0 Å². The summed E-state index contributed by atoms with van der Waals surface area (Å²) in [7, 11) is 0. The molecule has 0 saturated heterocycles. The van der Waals surface area contributed by atoms with Gasteiger partial charge in [-0.05, 0) is 23.8 Å². The molecule has 21 heavy (non-hydrogen) atoms. The summed E-state index contributed by atoms with van der Waals surface area (Å²) >= 11 is 3.54. The molecular weight excluding hydrogens is 324 g/mol. The Morgan fingerprint density at radius 1 is 0.857 bits per heavy atom. The number of benzene rings is 2. The lowest BCUT2D eigenvalue weighted by molar-refractivity contribution is 0.824. The highest BCUT2D eigenvalue weighted by Crippen LogP contribution is 2.19. The number of hydrogen-bond donors (Lipinski definition) is 0. The maximum absolute atomic E-state index is 4.80. The summed E-state index contributed by atoms with van der Waals surface area (Å²) in [5.41, 5.74) is 2.34. The second-order valence-corrected chi connectivity index (χ2v) is 5.75. The molecular formula is C18H17BrN2. The molecule has 0 spiro atoms. The van der Waals surface area contributed by atoms with Crippen molar-refractivity contribution in [2.24, 2.45) is 0 Å². The van der Waals surface area contributed by atoms with E-state index in [2.05, 4.69) is 69.4 Å². The Hall–Kier alpha value is -1.87. The van der Waals surface area contributed by atoms with E-state index in [-0.39, 0.29) is 0 Å². The Morgan fingerprint density at radius 2 is 1.62 bits per heavy atom. The molecule has 0 N–H and O–H groups in total. The molecule has 0 bridgehead atoms. The number of hydrogen-bond acceptors (Lipinski definition) is 2. The Balaban J connectivity index is 1.91. The van der Waals surface area contributed by atoms with Gasteiger partial charge in [0, 0.05) is 23.8 Å². The zero-order chi connectivity index (χ0) is 14.5. The van der Waals surface area contributed by atoms with E-state index < -0.39 is 0 Å². The van der Waals surface area contributed by atoms with E-state index in [9.17, 15) is 0 Å². The molecule has 3 heteroatoms. The van der Waals surface area contributed by atoms with Crippen LogP contribution in [0, 0.1) is 0 Å². The first kappa shape index (κ1) is 14.1. The maximum Gasteiger partial charge on any atom is 0.129 e. The van der Waals surface area contributed by atoms with Crippen LogP contribution in [-0.4, -0.2) is 16.9 Å². The molecule has 0 atom stereocenters. The van der Waals surface area contributed by atoms with Crippen molar-refractivity contribution in [1.82, 2.24) is 4.98 Å². The van der Waals surface area contributed by atoms with Crippen LogP contribution >= 0.6 is 15.9 Å². The minimum Gasteiger partial charge on any atom is -0.351 e. The number of aromatic nitrogens is 1. The zero-order valence-corrected chi connectivity index (χ0v) is 13.3. The van der Waals surface area contributed by atoms with Crippen LogP contribution in [0.25, 0.3) is 10.9 Å². The first-order valence-electron chi connectivity index (χ1n) is 7.07. The number of halogens is 1. The first-order valence-corrected chi connectivity index (χ1v) is 8.19. The van der Waals surface area contributed by atoms with Crippen LogP contribution in [0.15, 0.2) is 66.7 Å². The van der Waals surface area contributed by atoms with Gasteiger partial charge in [-0.3, -0.25) is 0 Å². The third-order valence-corrected chi connectivity index (χ3v) is 3.83. The van der Waals surface area contributed by atoms with Gasteiger partial charge in [0.15, 0.2) is 0 Å². The number of alkyl halides is 1. The van der Waals surface area contributed by atoms with Crippen LogP contribution in [0.1, 0.15) is 5.56 Å². The maximum atomic E-state index is 4.80. The molecule has 106 valence electrons. The Labute approximate surface area is 133 Å². The number of nitrogens with zero attached hydrogens (tertiary/aromatic N) is 2. The molecule has 3 aromatic rings. The van der Waals surface area contributed by atoms with Crippen molar-refractivity contribution in [3.05, 3.63) is 72.3 Å². The van der Waals surface area contributed by atoms with E-state index in [1.807, 2.05) is 18.2 Å². The summed E-state index contributed by atoms with van der Waals surface area (Å²) in [5, 5.41) is 2.11. The van der Waals surface area contributed by atoms with Gasteiger partial charge in [-0.15, -0.1) is 0 Å². The molecule has 1 aromatic heterocycles. The SMILES string of the molecule is BrCCN(Cc1ccccc1)c1ccc2ccccc2n1. The minimum absolute atomic E-state index is 0.873. The van der Waals surface area contributed by atoms with Crippen molar-refractivity contribution in [1.29, 1.82) is 0 Å². The molecule has 0 unspecified atom stereocenters. The fourth-order valence-electron chi connectivity index (χ4n) is 2.41. The van der Waals surface area contributed by atoms with Crippen molar-refractivity contribution in [2.75, 3.05) is 16.8 Å². The Kier molecular flexibility index (Phi) is 4.51. The van der Waals surface area contributed by atoms with Gasteiger partial charge >= 0.3 is 0 Å². The number of rotatable bonds is 5. The standard InChI is InChI=1S/C18H17BrN2/c19-12-13-21(14-15-6-2-1-3-7-15)18-11-10-16-8-4-5-9-17(16)20-18/h1-11H,12-14H2. The average molecular weight is 341 g/mol. The molecule has 0 amide bonds. The molecule has 0 saturated carbocycles. The van der Waals surface area contributed by atoms with Crippen LogP contribution < -0.4 is 4.90 Å². The van der Waals surface area contributed by atoms with E-state index in [4.69, 9.17) is 4.98 Å². The van der Waals surface area contributed by atoms with Gasteiger partial charge in [0.2, 0.25) is 0 Å². The summed E-state index contributed by atoms with van der Waals surface area (Å²) in [5.74, 6) is 1.03. The molecule has 0 fully saturated rings.